The quantitative estimate of drug-likeness (QED) is 0.769. The first-order chi connectivity index (χ1) is 12.1. The number of para-hydroxylation sites is 2. The molecule has 2 aromatic carbocycles. The van der Waals surface area contributed by atoms with Crippen LogP contribution in [0.25, 0.3) is 10.9 Å². The van der Waals surface area contributed by atoms with Gasteiger partial charge in [0.15, 0.2) is 5.69 Å². The maximum absolute atomic E-state index is 13.9. The van der Waals surface area contributed by atoms with Crippen LogP contribution in [0.3, 0.4) is 0 Å². The van der Waals surface area contributed by atoms with Gasteiger partial charge in [-0.15, -0.1) is 0 Å². The summed E-state index contributed by atoms with van der Waals surface area (Å²) in [6, 6.07) is 12.7. The van der Waals surface area contributed by atoms with Gasteiger partial charge < -0.3 is 10.2 Å². The smallest absolute Gasteiger partial charge is 0.273 e. The average Bonchev–Trinajstić information content (AvgIpc) is 3.20. The number of benzene rings is 2. The number of carbonyl (C=O) groups excluding carboxylic acids is 2. The van der Waals surface area contributed by atoms with Gasteiger partial charge in [0.05, 0.1) is 11.2 Å². The number of H-pyrrole nitrogens is 1. The van der Waals surface area contributed by atoms with E-state index in [2.05, 4.69) is 15.5 Å². The molecule has 126 valence electrons. The van der Waals surface area contributed by atoms with Gasteiger partial charge in [0.25, 0.3) is 5.91 Å². The normalized spacial score (nSPS) is 17.2. The van der Waals surface area contributed by atoms with Crippen LogP contribution in [0.4, 0.5) is 10.1 Å². The minimum Gasteiger partial charge on any atom is -0.339 e. The Balaban J connectivity index is 1.53. The van der Waals surface area contributed by atoms with Crippen LogP contribution < -0.4 is 10.2 Å². The summed E-state index contributed by atoms with van der Waals surface area (Å²) in [7, 11) is 0. The largest absolute Gasteiger partial charge is 0.339 e. The second-order valence-electron chi connectivity index (χ2n) is 5.87. The maximum atomic E-state index is 13.9. The third kappa shape index (κ3) is 2.63. The zero-order valence-corrected chi connectivity index (χ0v) is 13.2. The highest BCUT2D eigenvalue weighted by Gasteiger charge is 2.35. The highest BCUT2D eigenvalue weighted by atomic mass is 19.1. The molecule has 2 amide bonds. The van der Waals surface area contributed by atoms with E-state index in [4.69, 9.17) is 0 Å². The first-order valence-corrected chi connectivity index (χ1v) is 7.95. The fourth-order valence-corrected chi connectivity index (χ4v) is 3.09. The van der Waals surface area contributed by atoms with Crippen molar-refractivity contribution in [1.82, 2.24) is 15.5 Å². The van der Waals surface area contributed by atoms with Crippen molar-refractivity contribution in [3.8, 4) is 0 Å². The summed E-state index contributed by atoms with van der Waals surface area (Å²) in [5.41, 5.74) is 1.22. The highest BCUT2D eigenvalue weighted by molar-refractivity contribution is 6.08. The van der Waals surface area contributed by atoms with Crippen molar-refractivity contribution in [2.24, 2.45) is 0 Å². The molecule has 2 heterocycles. The molecule has 1 aliphatic heterocycles. The molecule has 0 unspecified atom stereocenters. The van der Waals surface area contributed by atoms with Crippen LogP contribution in [-0.4, -0.2) is 34.6 Å². The van der Waals surface area contributed by atoms with Crippen LogP contribution in [0.1, 0.15) is 16.9 Å². The molecule has 6 nitrogen and oxygen atoms in total. The Morgan fingerprint density at radius 2 is 1.96 bits per heavy atom. The van der Waals surface area contributed by atoms with Crippen molar-refractivity contribution in [2.75, 3.05) is 11.4 Å². The SMILES string of the molecule is O=C(N[C@@H]1CCN(c2ccccc2F)C1=O)c1n[nH]c2ccccc12. The molecule has 1 saturated heterocycles. The van der Waals surface area contributed by atoms with Crippen LogP contribution in [0.15, 0.2) is 48.5 Å². The van der Waals surface area contributed by atoms with Crippen LogP contribution in [0.5, 0.6) is 0 Å². The third-order valence-electron chi connectivity index (χ3n) is 4.34. The molecule has 0 saturated carbocycles. The summed E-state index contributed by atoms with van der Waals surface area (Å²) in [6.45, 7) is 0.353. The van der Waals surface area contributed by atoms with Gasteiger partial charge in [0, 0.05) is 11.9 Å². The van der Waals surface area contributed by atoms with E-state index in [0.717, 1.165) is 5.52 Å². The van der Waals surface area contributed by atoms with Crippen molar-refractivity contribution < 1.29 is 14.0 Å². The fourth-order valence-electron chi connectivity index (χ4n) is 3.09. The van der Waals surface area contributed by atoms with Crippen molar-refractivity contribution in [1.29, 1.82) is 0 Å². The molecule has 3 aromatic rings. The lowest BCUT2D eigenvalue weighted by Crippen LogP contribution is -2.41. The number of rotatable bonds is 3. The molecule has 1 fully saturated rings. The first kappa shape index (κ1) is 15.3. The van der Waals surface area contributed by atoms with E-state index >= 15 is 0 Å². The molecule has 1 aromatic heterocycles. The number of anilines is 1. The summed E-state index contributed by atoms with van der Waals surface area (Å²) in [6.07, 6.45) is 0.418. The number of hydrogen-bond donors (Lipinski definition) is 2. The number of hydrogen-bond acceptors (Lipinski definition) is 3. The van der Waals surface area contributed by atoms with Gasteiger partial charge in [0.2, 0.25) is 5.91 Å². The molecule has 0 aliphatic carbocycles. The van der Waals surface area contributed by atoms with E-state index in [-0.39, 0.29) is 17.3 Å². The second kappa shape index (κ2) is 6.01. The van der Waals surface area contributed by atoms with Gasteiger partial charge in [-0.1, -0.05) is 30.3 Å². The van der Waals surface area contributed by atoms with E-state index in [1.165, 1.54) is 11.0 Å². The summed E-state index contributed by atoms with van der Waals surface area (Å²) < 4.78 is 13.9. The van der Waals surface area contributed by atoms with Gasteiger partial charge in [-0.05, 0) is 24.6 Å². The summed E-state index contributed by atoms with van der Waals surface area (Å²) in [4.78, 5) is 26.4. The zero-order chi connectivity index (χ0) is 17.4. The van der Waals surface area contributed by atoms with Crippen molar-refractivity contribution >= 4 is 28.4 Å². The van der Waals surface area contributed by atoms with Crippen LogP contribution in [-0.2, 0) is 4.79 Å². The highest BCUT2D eigenvalue weighted by Crippen LogP contribution is 2.24. The predicted octanol–water partition coefficient (Wildman–Crippen LogP) is 2.24. The predicted molar refractivity (Wildman–Crippen MR) is 90.7 cm³/mol. The van der Waals surface area contributed by atoms with E-state index in [9.17, 15) is 14.0 Å². The van der Waals surface area contributed by atoms with Crippen LogP contribution in [0.2, 0.25) is 0 Å². The number of nitrogens with one attached hydrogen (secondary N) is 2. The Hall–Kier alpha value is -3.22. The Bertz CT molecular complexity index is 968. The van der Waals surface area contributed by atoms with E-state index in [1.54, 1.807) is 24.3 Å². The van der Waals surface area contributed by atoms with Gasteiger partial charge in [-0.3, -0.25) is 14.7 Å². The van der Waals surface area contributed by atoms with Crippen molar-refractivity contribution in [3.63, 3.8) is 0 Å². The lowest BCUT2D eigenvalue weighted by atomic mass is 10.2. The molecular formula is C18H15FN4O2. The monoisotopic (exact) mass is 338 g/mol. The van der Waals surface area contributed by atoms with Gasteiger partial charge in [0.1, 0.15) is 11.9 Å². The van der Waals surface area contributed by atoms with E-state index in [1.807, 2.05) is 18.2 Å². The minimum atomic E-state index is -0.692. The minimum absolute atomic E-state index is 0.231. The Morgan fingerprint density at radius 3 is 2.80 bits per heavy atom. The lowest BCUT2D eigenvalue weighted by molar-refractivity contribution is -0.118. The van der Waals surface area contributed by atoms with Crippen LogP contribution >= 0.6 is 0 Å². The molecule has 2 N–H and O–H groups in total. The van der Waals surface area contributed by atoms with E-state index in [0.29, 0.717) is 18.4 Å². The fraction of sp³-hybridized carbons (Fsp3) is 0.167. The molecule has 4 rings (SSSR count). The van der Waals surface area contributed by atoms with E-state index < -0.39 is 17.8 Å². The number of carbonyl (C=O) groups is 2. The number of amides is 2. The number of fused-ring (bicyclic) bond motifs is 1. The molecular weight excluding hydrogens is 323 g/mol. The molecule has 0 spiro atoms. The van der Waals surface area contributed by atoms with Gasteiger partial charge >= 0.3 is 0 Å². The first-order valence-electron chi connectivity index (χ1n) is 7.95. The summed E-state index contributed by atoms with van der Waals surface area (Å²) >= 11 is 0. The Labute approximate surface area is 142 Å². The molecule has 0 radical (unpaired) electrons. The second-order valence-corrected chi connectivity index (χ2v) is 5.87. The third-order valence-corrected chi connectivity index (χ3v) is 4.34. The van der Waals surface area contributed by atoms with Crippen molar-refractivity contribution in [3.05, 3.63) is 60.0 Å². The molecule has 1 aliphatic rings. The number of aromatic amines is 1. The van der Waals surface area contributed by atoms with Gasteiger partial charge in [-0.2, -0.15) is 5.10 Å². The molecule has 0 bridgehead atoms. The summed E-state index contributed by atoms with van der Waals surface area (Å²) in [5, 5.41) is 10.2. The van der Waals surface area contributed by atoms with Crippen LogP contribution in [0, 0.1) is 5.82 Å². The van der Waals surface area contributed by atoms with Gasteiger partial charge in [-0.25, -0.2) is 4.39 Å². The molecule has 1 atom stereocenters. The zero-order valence-electron chi connectivity index (χ0n) is 13.2. The topological polar surface area (TPSA) is 78.1 Å². The number of aromatic nitrogens is 2. The van der Waals surface area contributed by atoms with Crippen molar-refractivity contribution in [2.45, 2.75) is 12.5 Å². The Kier molecular flexibility index (Phi) is 3.68. The maximum Gasteiger partial charge on any atom is 0.273 e. The number of nitrogens with zero attached hydrogens (tertiary/aromatic N) is 2. The number of halogens is 1. The lowest BCUT2D eigenvalue weighted by Gasteiger charge is -2.17. The summed E-state index contributed by atoms with van der Waals surface area (Å²) in [5.74, 6) is -1.20. The Morgan fingerprint density at radius 1 is 1.20 bits per heavy atom. The molecule has 7 heteroatoms. The average molecular weight is 338 g/mol. The standard InChI is InChI=1S/C18H15FN4O2/c19-12-6-2-4-8-15(12)23-10-9-14(18(23)25)20-17(24)16-11-5-1-3-7-13(11)21-22-16/h1-8,14H,9-10H2,(H,20,24)(H,21,22)/t14-/m1/s1. The molecule has 25 heavy (non-hydrogen) atoms.